The van der Waals surface area contributed by atoms with Gasteiger partial charge < -0.3 is 4.74 Å². The van der Waals surface area contributed by atoms with E-state index in [1.165, 1.54) is 0 Å². The van der Waals surface area contributed by atoms with Gasteiger partial charge in [-0.1, -0.05) is 23.7 Å². The molecule has 2 heterocycles. The van der Waals surface area contributed by atoms with E-state index >= 15 is 0 Å². The van der Waals surface area contributed by atoms with Gasteiger partial charge >= 0.3 is 0 Å². The Labute approximate surface area is 143 Å². The molecule has 3 rings (SSSR count). The second-order valence-electron chi connectivity index (χ2n) is 6.12. The fraction of sp³-hybridized carbons (Fsp3) is 0.625. The second-order valence-corrected chi connectivity index (χ2v) is 8.44. The van der Waals surface area contributed by atoms with E-state index in [-0.39, 0.29) is 9.92 Å². The Hall–Kier alpha value is -0.660. The number of sulfonamides is 1. The second kappa shape index (κ2) is 7.49. The lowest BCUT2D eigenvalue weighted by atomic mass is 10.2. The fourth-order valence-corrected chi connectivity index (χ4v) is 5.20. The number of ether oxygens (including phenoxy) is 1. The van der Waals surface area contributed by atoms with E-state index < -0.39 is 10.0 Å². The third-order valence-electron chi connectivity index (χ3n) is 4.49. The number of benzene rings is 1. The molecule has 2 aliphatic heterocycles. The van der Waals surface area contributed by atoms with E-state index in [1.54, 1.807) is 28.6 Å². The molecule has 1 atom stereocenters. The maximum absolute atomic E-state index is 12.8. The van der Waals surface area contributed by atoms with Gasteiger partial charge in [0.05, 0.1) is 11.1 Å². The van der Waals surface area contributed by atoms with Crippen LogP contribution in [-0.4, -0.2) is 63.1 Å². The van der Waals surface area contributed by atoms with Crippen molar-refractivity contribution in [3.63, 3.8) is 0 Å². The maximum atomic E-state index is 12.8. The summed E-state index contributed by atoms with van der Waals surface area (Å²) < 4.78 is 32.9. The van der Waals surface area contributed by atoms with Gasteiger partial charge in [0.1, 0.15) is 4.90 Å². The molecule has 0 saturated carbocycles. The predicted molar refractivity (Wildman–Crippen MR) is 90.2 cm³/mol. The summed E-state index contributed by atoms with van der Waals surface area (Å²) >= 11 is 6.08. The van der Waals surface area contributed by atoms with Crippen molar-refractivity contribution in [2.24, 2.45) is 0 Å². The molecule has 1 aromatic carbocycles. The van der Waals surface area contributed by atoms with Gasteiger partial charge in [-0.2, -0.15) is 4.31 Å². The summed E-state index contributed by atoms with van der Waals surface area (Å²) in [7, 11) is -3.52. The molecule has 128 valence electrons. The Balaban J connectivity index is 1.66. The first-order valence-corrected chi connectivity index (χ1v) is 9.98. The quantitative estimate of drug-likeness (QED) is 0.828. The van der Waals surface area contributed by atoms with Gasteiger partial charge in [0.2, 0.25) is 10.0 Å². The molecule has 2 aliphatic rings. The van der Waals surface area contributed by atoms with Crippen LogP contribution in [0.4, 0.5) is 0 Å². The molecule has 0 bridgehead atoms. The third kappa shape index (κ3) is 4.06. The molecular weight excluding hydrogens is 336 g/mol. The molecule has 0 aromatic heterocycles. The third-order valence-corrected chi connectivity index (χ3v) is 6.89. The van der Waals surface area contributed by atoms with Crippen molar-refractivity contribution >= 4 is 21.6 Å². The van der Waals surface area contributed by atoms with Crippen molar-refractivity contribution in [2.75, 3.05) is 39.3 Å². The molecule has 0 amide bonds. The zero-order valence-corrected chi connectivity index (χ0v) is 14.7. The van der Waals surface area contributed by atoms with Crippen LogP contribution < -0.4 is 0 Å². The Morgan fingerprint density at radius 2 is 1.96 bits per heavy atom. The lowest BCUT2D eigenvalue weighted by Crippen LogP contribution is -2.37. The van der Waals surface area contributed by atoms with Crippen molar-refractivity contribution < 1.29 is 13.2 Å². The molecule has 1 unspecified atom stereocenters. The van der Waals surface area contributed by atoms with Crippen molar-refractivity contribution in [3.8, 4) is 0 Å². The van der Waals surface area contributed by atoms with Crippen molar-refractivity contribution in [2.45, 2.75) is 30.3 Å². The average molecular weight is 359 g/mol. The highest BCUT2D eigenvalue weighted by Gasteiger charge is 2.29. The number of halogens is 1. The summed E-state index contributed by atoms with van der Waals surface area (Å²) in [4.78, 5) is 2.52. The Morgan fingerprint density at radius 3 is 2.70 bits per heavy atom. The highest BCUT2D eigenvalue weighted by atomic mass is 35.5. The minimum absolute atomic E-state index is 0.203. The minimum Gasteiger partial charge on any atom is -0.377 e. The van der Waals surface area contributed by atoms with Crippen LogP contribution in [0.5, 0.6) is 0 Å². The van der Waals surface area contributed by atoms with E-state index in [0.717, 1.165) is 45.5 Å². The van der Waals surface area contributed by atoms with Crippen molar-refractivity contribution in [3.05, 3.63) is 29.3 Å². The lowest BCUT2D eigenvalue weighted by molar-refractivity contribution is 0.0749. The summed E-state index contributed by atoms with van der Waals surface area (Å²) in [6.07, 6.45) is 3.38. The zero-order valence-electron chi connectivity index (χ0n) is 13.2. The molecular formula is C16H23ClN2O3S. The van der Waals surface area contributed by atoms with E-state index in [0.29, 0.717) is 19.2 Å². The summed E-state index contributed by atoms with van der Waals surface area (Å²) in [6, 6.07) is 6.65. The molecule has 0 aliphatic carbocycles. The van der Waals surface area contributed by atoms with Crippen molar-refractivity contribution in [1.29, 1.82) is 0 Å². The molecule has 2 fully saturated rings. The Bertz CT molecular complexity index is 632. The smallest absolute Gasteiger partial charge is 0.244 e. The van der Waals surface area contributed by atoms with Gasteiger partial charge in [-0.3, -0.25) is 4.90 Å². The number of hydrogen-bond donors (Lipinski definition) is 0. The van der Waals surface area contributed by atoms with Gasteiger partial charge in [-0.15, -0.1) is 0 Å². The first-order chi connectivity index (χ1) is 11.1. The summed E-state index contributed by atoms with van der Waals surface area (Å²) in [5, 5.41) is 0.285. The standard InChI is InChI=1S/C16H23ClN2O3S/c17-15-6-1-2-7-16(15)23(20,21)19-9-4-8-18(10-11-19)13-14-5-3-12-22-14/h1-2,6-7,14H,3-5,8-13H2. The van der Waals surface area contributed by atoms with Crippen LogP contribution in [0.15, 0.2) is 29.2 Å². The molecule has 0 N–H and O–H groups in total. The SMILES string of the molecule is O=S(=O)(c1ccccc1Cl)N1CCCN(CC2CCCO2)CC1. The van der Waals surface area contributed by atoms with Crippen LogP contribution in [0.3, 0.4) is 0 Å². The van der Waals surface area contributed by atoms with E-state index in [4.69, 9.17) is 16.3 Å². The summed E-state index contributed by atoms with van der Waals surface area (Å²) in [5.74, 6) is 0. The van der Waals surface area contributed by atoms with Crippen LogP contribution >= 0.6 is 11.6 Å². The van der Waals surface area contributed by atoms with E-state index in [9.17, 15) is 8.42 Å². The largest absolute Gasteiger partial charge is 0.377 e. The predicted octanol–water partition coefficient (Wildman–Crippen LogP) is 2.22. The topological polar surface area (TPSA) is 49.9 Å². The summed E-state index contributed by atoms with van der Waals surface area (Å²) in [5.41, 5.74) is 0. The number of hydrogen-bond acceptors (Lipinski definition) is 4. The Morgan fingerprint density at radius 1 is 1.13 bits per heavy atom. The molecule has 5 nitrogen and oxygen atoms in total. The van der Waals surface area contributed by atoms with Gasteiger partial charge in [0, 0.05) is 32.8 Å². The van der Waals surface area contributed by atoms with Gasteiger partial charge in [0.25, 0.3) is 0 Å². The first kappa shape index (κ1) is 17.2. The normalized spacial score (nSPS) is 24.7. The van der Waals surface area contributed by atoms with Crippen LogP contribution in [0.25, 0.3) is 0 Å². The lowest BCUT2D eigenvalue weighted by Gasteiger charge is -2.24. The number of rotatable bonds is 4. The van der Waals surface area contributed by atoms with E-state index in [1.807, 2.05) is 0 Å². The highest BCUT2D eigenvalue weighted by Crippen LogP contribution is 2.25. The average Bonchev–Trinajstić information content (AvgIpc) is 2.91. The van der Waals surface area contributed by atoms with Crippen LogP contribution in [0.2, 0.25) is 5.02 Å². The van der Waals surface area contributed by atoms with Crippen molar-refractivity contribution in [1.82, 2.24) is 9.21 Å². The number of nitrogens with zero attached hydrogens (tertiary/aromatic N) is 2. The van der Waals surface area contributed by atoms with Gasteiger partial charge in [0.15, 0.2) is 0 Å². The summed E-state index contributed by atoms with van der Waals surface area (Å²) in [6.45, 7) is 4.44. The molecule has 0 radical (unpaired) electrons. The van der Waals surface area contributed by atoms with Crippen LogP contribution in [0.1, 0.15) is 19.3 Å². The van der Waals surface area contributed by atoms with Gasteiger partial charge in [-0.05, 0) is 37.9 Å². The molecule has 2 saturated heterocycles. The molecule has 1 aromatic rings. The minimum atomic E-state index is -3.52. The fourth-order valence-electron chi connectivity index (χ4n) is 3.24. The Kier molecular flexibility index (Phi) is 5.59. The maximum Gasteiger partial charge on any atom is 0.244 e. The van der Waals surface area contributed by atoms with Crippen LogP contribution in [0, 0.1) is 0 Å². The monoisotopic (exact) mass is 358 g/mol. The molecule has 7 heteroatoms. The first-order valence-electron chi connectivity index (χ1n) is 8.16. The zero-order chi connectivity index (χ0) is 16.3. The van der Waals surface area contributed by atoms with Crippen LogP contribution in [-0.2, 0) is 14.8 Å². The molecule has 0 spiro atoms. The van der Waals surface area contributed by atoms with E-state index in [2.05, 4.69) is 4.90 Å². The molecule has 23 heavy (non-hydrogen) atoms. The highest BCUT2D eigenvalue weighted by molar-refractivity contribution is 7.89. The van der Waals surface area contributed by atoms with Gasteiger partial charge in [-0.25, -0.2) is 8.42 Å².